The topological polar surface area (TPSA) is 66.9 Å². The average Bonchev–Trinajstić information content (AvgIpc) is 3.22. The summed E-state index contributed by atoms with van der Waals surface area (Å²) in [6, 6.07) is 6.43. The Morgan fingerprint density at radius 3 is 2.78 bits per heavy atom. The summed E-state index contributed by atoms with van der Waals surface area (Å²) >= 11 is 0. The Labute approximate surface area is 157 Å². The lowest BCUT2D eigenvalue weighted by molar-refractivity contribution is 0.161. The highest BCUT2D eigenvalue weighted by Gasteiger charge is 2.28. The van der Waals surface area contributed by atoms with Crippen LogP contribution in [0.15, 0.2) is 30.5 Å². The van der Waals surface area contributed by atoms with Gasteiger partial charge in [-0.25, -0.2) is 9.37 Å². The van der Waals surface area contributed by atoms with Crippen LogP contribution < -0.4 is 4.74 Å². The smallest absolute Gasteiger partial charge is 0.220 e. The number of halogens is 1. The molecule has 0 spiro atoms. The van der Waals surface area contributed by atoms with E-state index in [0.29, 0.717) is 12.4 Å². The number of hydrogen-bond acceptors (Lipinski definition) is 5. The van der Waals surface area contributed by atoms with Crippen molar-refractivity contribution in [2.24, 2.45) is 0 Å². The number of fused-ring (bicyclic) bond motifs is 1. The zero-order valence-electron chi connectivity index (χ0n) is 15.7. The minimum atomic E-state index is -0.247. The molecule has 0 saturated heterocycles. The van der Waals surface area contributed by atoms with Crippen LogP contribution in [0.2, 0.25) is 0 Å². The van der Waals surface area contributed by atoms with E-state index in [-0.39, 0.29) is 11.9 Å². The summed E-state index contributed by atoms with van der Waals surface area (Å²) < 4.78 is 19.2. The summed E-state index contributed by atoms with van der Waals surface area (Å²) in [6.07, 6.45) is 2.70. The molecular weight excluding hydrogens is 345 g/mol. The predicted octanol–water partition coefficient (Wildman–Crippen LogP) is 3.06. The first-order valence-electron chi connectivity index (χ1n) is 8.97. The van der Waals surface area contributed by atoms with Crippen LogP contribution in [0.5, 0.6) is 5.88 Å². The van der Waals surface area contributed by atoms with E-state index in [2.05, 4.69) is 32.1 Å². The second kappa shape index (κ2) is 7.08. The molecule has 1 atom stereocenters. The minimum absolute atomic E-state index is 0.0565. The fourth-order valence-electron chi connectivity index (χ4n) is 3.57. The van der Waals surface area contributed by atoms with Gasteiger partial charge in [0.2, 0.25) is 5.88 Å². The lowest BCUT2D eigenvalue weighted by atomic mass is 10.1. The number of aromatic amines is 1. The lowest BCUT2D eigenvalue weighted by Gasteiger charge is -2.20. The Hall–Kier alpha value is -2.80. The van der Waals surface area contributed by atoms with E-state index >= 15 is 0 Å². The van der Waals surface area contributed by atoms with Crippen LogP contribution >= 0.6 is 0 Å². The standard InChI is InChI=1S/C20H22FN5O/c1-12-18-8-17(27-20(18)24-13(2)23-12)11-26(3)10-15-9-22-25-19(15)14-4-6-16(21)7-5-14/h4-7,9,17H,8,10-11H2,1-3H3,(H,22,25)/t17-/m1/s1. The zero-order chi connectivity index (χ0) is 19.0. The first kappa shape index (κ1) is 17.6. The second-order valence-electron chi connectivity index (χ2n) is 7.06. The van der Waals surface area contributed by atoms with Gasteiger partial charge < -0.3 is 4.74 Å². The van der Waals surface area contributed by atoms with Crippen LogP contribution in [-0.2, 0) is 13.0 Å². The van der Waals surface area contributed by atoms with Crippen LogP contribution in [0.4, 0.5) is 4.39 Å². The molecule has 7 heteroatoms. The Balaban J connectivity index is 1.43. The molecule has 6 nitrogen and oxygen atoms in total. The van der Waals surface area contributed by atoms with Crippen molar-refractivity contribution in [1.82, 2.24) is 25.1 Å². The molecule has 1 aliphatic heterocycles. The van der Waals surface area contributed by atoms with Gasteiger partial charge in [0.25, 0.3) is 0 Å². The fourth-order valence-corrected chi connectivity index (χ4v) is 3.57. The Morgan fingerprint density at radius 2 is 2.00 bits per heavy atom. The van der Waals surface area contributed by atoms with Gasteiger partial charge in [-0.15, -0.1) is 0 Å². The molecule has 3 aromatic rings. The number of nitrogens with zero attached hydrogens (tertiary/aromatic N) is 4. The van der Waals surface area contributed by atoms with Crippen molar-refractivity contribution in [2.45, 2.75) is 32.9 Å². The van der Waals surface area contributed by atoms with Crippen molar-refractivity contribution in [3.8, 4) is 17.1 Å². The highest BCUT2D eigenvalue weighted by atomic mass is 19.1. The van der Waals surface area contributed by atoms with Gasteiger partial charge in [-0.2, -0.15) is 10.1 Å². The molecule has 140 valence electrons. The van der Waals surface area contributed by atoms with E-state index in [0.717, 1.165) is 46.9 Å². The maximum absolute atomic E-state index is 13.2. The summed E-state index contributed by atoms with van der Waals surface area (Å²) in [5.41, 5.74) is 5.00. The highest BCUT2D eigenvalue weighted by Crippen LogP contribution is 2.29. The monoisotopic (exact) mass is 367 g/mol. The largest absolute Gasteiger partial charge is 0.472 e. The first-order chi connectivity index (χ1) is 13.0. The molecule has 0 amide bonds. The van der Waals surface area contributed by atoms with Crippen molar-refractivity contribution in [1.29, 1.82) is 0 Å². The lowest BCUT2D eigenvalue weighted by Crippen LogP contribution is -2.31. The molecule has 2 aromatic heterocycles. The van der Waals surface area contributed by atoms with Crippen molar-refractivity contribution < 1.29 is 9.13 Å². The third kappa shape index (κ3) is 3.68. The van der Waals surface area contributed by atoms with E-state index in [4.69, 9.17) is 4.74 Å². The molecule has 1 N–H and O–H groups in total. The second-order valence-corrected chi connectivity index (χ2v) is 7.06. The molecule has 0 aliphatic carbocycles. The zero-order valence-corrected chi connectivity index (χ0v) is 15.7. The quantitative estimate of drug-likeness (QED) is 0.751. The number of benzene rings is 1. The summed E-state index contributed by atoms with van der Waals surface area (Å²) in [5.74, 6) is 1.21. The van der Waals surface area contributed by atoms with Crippen LogP contribution in [0.1, 0.15) is 22.6 Å². The molecule has 4 rings (SSSR count). The summed E-state index contributed by atoms with van der Waals surface area (Å²) in [6.45, 7) is 5.36. The molecule has 0 radical (unpaired) electrons. The van der Waals surface area contributed by atoms with Crippen LogP contribution in [0.3, 0.4) is 0 Å². The SMILES string of the molecule is Cc1nc(C)c2c(n1)O[C@@H](CN(C)Cc1cn[nH]c1-c1ccc(F)cc1)C2. The van der Waals surface area contributed by atoms with E-state index in [9.17, 15) is 4.39 Å². The van der Waals surface area contributed by atoms with Gasteiger partial charge >= 0.3 is 0 Å². The van der Waals surface area contributed by atoms with Crippen molar-refractivity contribution >= 4 is 0 Å². The predicted molar refractivity (Wildman–Crippen MR) is 99.9 cm³/mol. The number of nitrogens with one attached hydrogen (secondary N) is 1. The van der Waals surface area contributed by atoms with Crippen LogP contribution in [-0.4, -0.2) is 44.8 Å². The maximum atomic E-state index is 13.2. The van der Waals surface area contributed by atoms with Crippen molar-refractivity contribution in [2.75, 3.05) is 13.6 Å². The Kier molecular flexibility index (Phi) is 4.61. The molecule has 1 aromatic carbocycles. The highest BCUT2D eigenvalue weighted by molar-refractivity contribution is 5.62. The molecule has 1 aliphatic rings. The van der Waals surface area contributed by atoms with Gasteiger partial charge in [0.05, 0.1) is 11.9 Å². The van der Waals surface area contributed by atoms with Gasteiger partial charge in [0.15, 0.2) is 0 Å². The van der Waals surface area contributed by atoms with Gasteiger partial charge in [-0.05, 0) is 45.2 Å². The Bertz CT molecular complexity index is 954. The number of ether oxygens (including phenoxy) is 1. The van der Waals surface area contributed by atoms with Crippen molar-refractivity contribution in [3.05, 3.63) is 58.9 Å². The van der Waals surface area contributed by atoms with E-state index in [1.807, 2.05) is 20.0 Å². The number of rotatable bonds is 5. The minimum Gasteiger partial charge on any atom is -0.472 e. The molecule has 3 heterocycles. The summed E-state index contributed by atoms with van der Waals surface area (Å²) in [4.78, 5) is 11.0. The molecule has 0 bridgehead atoms. The molecule has 27 heavy (non-hydrogen) atoms. The number of aromatic nitrogens is 4. The summed E-state index contributed by atoms with van der Waals surface area (Å²) in [7, 11) is 2.05. The number of H-pyrrole nitrogens is 1. The van der Waals surface area contributed by atoms with Crippen LogP contribution in [0, 0.1) is 19.7 Å². The van der Waals surface area contributed by atoms with Gasteiger partial charge in [-0.1, -0.05) is 0 Å². The normalized spacial score (nSPS) is 15.8. The van der Waals surface area contributed by atoms with Crippen molar-refractivity contribution in [3.63, 3.8) is 0 Å². The third-order valence-electron chi connectivity index (χ3n) is 4.80. The fraction of sp³-hybridized carbons (Fsp3) is 0.350. The van der Waals surface area contributed by atoms with Gasteiger partial charge in [-0.3, -0.25) is 10.00 Å². The van der Waals surface area contributed by atoms with Gasteiger partial charge in [0, 0.05) is 41.9 Å². The van der Waals surface area contributed by atoms with E-state index in [1.54, 1.807) is 12.1 Å². The van der Waals surface area contributed by atoms with E-state index in [1.165, 1.54) is 12.1 Å². The van der Waals surface area contributed by atoms with Crippen LogP contribution in [0.25, 0.3) is 11.3 Å². The molecule has 0 fully saturated rings. The first-order valence-corrected chi connectivity index (χ1v) is 8.97. The van der Waals surface area contributed by atoms with Gasteiger partial charge in [0.1, 0.15) is 17.7 Å². The maximum Gasteiger partial charge on any atom is 0.220 e. The number of likely N-dealkylation sites (N-methyl/N-ethyl adjacent to an activating group) is 1. The number of hydrogen-bond donors (Lipinski definition) is 1. The molecule has 0 unspecified atom stereocenters. The average molecular weight is 367 g/mol. The molecular formula is C20H22FN5O. The Morgan fingerprint density at radius 1 is 1.22 bits per heavy atom. The third-order valence-corrected chi connectivity index (χ3v) is 4.80. The molecule has 0 saturated carbocycles. The summed E-state index contributed by atoms with van der Waals surface area (Å²) in [5, 5.41) is 7.18. The number of aryl methyl sites for hydroxylation is 2. The van der Waals surface area contributed by atoms with E-state index < -0.39 is 0 Å².